The number of nitrogens with one attached hydrogen (secondary N) is 1. The first-order chi connectivity index (χ1) is 8.58. The lowest BCUT2D eigenvalue weighted by atomic mass is 10.2. The van der Waals surface area contributed by atoms with Crippen LogP contribution >= 0.6 is 47.8 Å². The first-order valence-corrected chi connectivity index (χ1v) is 7.57. The number of halogens is 4. The molecular formula is C13H9Br3FN. The van der Waals surface area contributed by atoms with E-state index in [1.165, 1.54) is 6.07 Å². The minimum Gasteiger partial charge on any atom is -0.380 e. The van der Waals surface area contributed by atoms with Crippen molar-refractivity contribution in [2.24, 2.45) is 0 Å². The number of benzene rings is 2. The summed E-state index contributed by atoms with van der Waals surface area (Å²) in [7, 11) is 0. The van der Waals surface area contributed by atoms with E-state index in [9.17, 15) is 4.39 Å². The molecule has 1 N–H and O–H groups in total. The van der Waals surface area contributed by atoms with Crippen LogP contribution in [0.2, 0.25) is 0 Å². The molecule has 0 unspecified atom stereocenters. The van der Waals surface area contributed by atoms with E-state index in [4.69, 9.17) is 0 Å². The topological polar surface area (TPSA) is 12.0 Å². The van der Waals surface area contributed by atoms with Gasteiger partial charge in [-0.25, -0.2) is 4.39 Å². The van der Waals surface area contributed by atoms with Gasteiger partial charge in [-0.15, -0.1) is 0 Å². The molecule has 2 aromatic rings. The molecule has 2 rings (SSSR count). The highest BCUT2D eigenvalue weighted by Gasteiger charge is 2.06. The Morgan fingerprint density at radius 1 is 1.06 bits per heavy atom. The van der Waals surface area contributed by atoms with Crippen LogP contribution in [-0.4, -0.2) is 0 Å². The quantitative estimate of drug-likeness (QED) is 0.647. The molecule has 0 fully saturated rings. The third kappa shape index (κ3) is 3.33. The molecule has 2 aromatic carbocycles. The molecule has 0 bridgehead atoms. The highest BCUT2D eigenvalue weighted by molar-refractivity contribution is 9.11. The predicted molar refractivity (Wildman–Crippen MR) is 83.3 cm³/mol. The van der Waals surface area contributed by atoms with Gasteiger partial charge in [-0.05, 0) is 61.7 Å². The number of rotatable bonds is 3. The van der Waals surface area contributed by atoms with Crippen LogP contribution in [0.15, 0.2) is 49.8 Å². The minimum absolute atomic E-state index is 0.246. The van der Waals surface area contributed by atoms with Crippen LogP contribution in [0, 0.1) is 5.82 Å². The zero-order valence-electron chi connectivity index (χ0n) is 9.18. The van der Waals surface area contributed by atoms with Gasteiger partial charge < -0.3 is 5.32 Å². The number of hydrogen-bond acceptors (Lipinski definition) is 1. The van der Waals surface area contributed by atoms with Crippen molar-refractivity contribution in [2.75, 3.05) is 5.32 Å². The number of hydrogen-bond donors (Lipinski definition) is 1. The van der Waals surface area contributed by atoms with E-state index < -0.39 is 0 Å². The molecule has 0 atom stereocenters. The molecule has 0 radical (unpaired) electrons. The SMILES string of the molecule is Fc1cccc(CNc2ccc(Br)cc2Br)c1Br. The normalized spacial score (nSPS) is 10.4. The standard InChI is InChI=1S/C13H9Br3FN/c14-9-4-5-12(10(15)6-9)18-7-8-2-1-3-11(17)13(8)16/h1-6,18H,7H2. The molecule has 0 spiro atoms. The summed E-state index contributed by atoms with van der Waals surface area (Å²) in [6, 6.07) is 10.9. The lowest BCUT2D eigenvalue weighted by Gasteiger charge is -2.10. The van der Waals surface area contributed by atoms with E-state index in [1.807, 2.05) is 24.3 Å². The molecule has 0 aliphatic rings. The van der Waals surface area contributed by atoms with Crippen LogP contribution in [0.25, 0.3) is 0 Å². The van der Waals surface area contributed by atoms with E-state index in [2.05, 4.69) is 53.1 Å². The van der Waals surface area contributed by atoms with Crippen LogP contribution in [0.5, 0.6) is 0 Å². The monoisotopic (exact) mass is 435 g/mol. The zero-order chi connectivity index (χ0) is 13.1. The highest BCUT2D eigenvalue weighted by atomic mass is 79.9. The molecule has 0 heterocycles. The molecule has 1 nitrogen and oxygen atoms in total. The largest absolute Gasteiger partial charge is 0.380 e. The highest BCUT2D eigenvalue weighted by Crippen LogP contribution is 2.27. The van der Waals surface area contributed by atoms with Crippen molar-refractivity contribution in [1.82, 2.24) is 0 Å². The second kappa shape index (κ2) is 6.17. The van der Waals surface area contributed by atoms with Crippen molar-refractivity contribution in [1.29, 1.82) is 0 Å². The molecule has 5 heteroatoms. The second-order valence-corrected chi connectivity index (χ2v) is 6.25. The third-order valence-electron chi connectivity index (χ3n) is 2.43. The summed E-state index contributed by atoms with van der Waals surface area (Å²) in [6.07, 6.45) is 0. The molecule has 0 saturated carbocycles. The average Bonchev–Trinajstić information content (AvgIpc) is 2.33. The summed E-state index contributed by atoms with van der Waals surface area (Å²) in [4.78, 5) is 0. The van der Waals surface area contributed by atoms with E-state index in [1.54, 1.807) is 6.07 Å². The molecule has 0 aromatic heterocycles. The molecule has 18 heavy (non-hydrogen) atoms. The Kier molecular flexibility index (Phi) is 4.81. The lowest BCUT2D eigenvalue weighted by Crippen LogP contribution is -2.01. The molecule has 0 aliphatic carbocycles. The van der Waals surface area contributed by atoms with Crippen LogP contribution in [0.1, 0.15) is 5.56 Å². The number of anilines is 1. The first kappa shape index (κ1) is 14.0. The van der Waals surface area contributed by atoms with Crippen LogP contribution in [-0.2, 0) is 6.54 Å². The Morgan fingerprint density at radius 2 is 1.83 bits per heavy atom. The van der Waals surface area contributed by atoms with Gasteiger partial charge in [0.05, 0.1) is 4.47 Å². The van der Waals surface area contributed by atoms with E-state index in [0.29, 0.717) is 11.0 Å². The van der Waals surface area contributed by atoms with E-state index >= 15 is 0 Å². The van der Waals surface area contributed by atoms with E-state index in [-0.39, 0.29) is 5.82 Å². The van der Waals surface area contributed by atoms with Crippen molar-refractivity contribution in [3.8, 4) is 0 Å². The van der Waals surface area contributed by atoms with Crippen LogP contribution in [0.4, 0.5) is 10.1 Å². The fourth-order valence-corrected chi connectivity index (χ4v) is 3.10. The van der Waals surface area contributed by atoms with Crippen molar-refractivity contribution in [2.45, 2.75) is 6.54 Å². The maximum absolute atomic E-state index is 13.3. The molecule has 0 aliphatic heterocycles. The summed E-state index contributed by atoms with van der Waals surface area (Å²) in [5.74, 6) is -0.246. The van der Waals surface area contributed by atoms with Crippen molar-refractivity contribution in [3.05, 3.63) is 61.2 Å². The summed E-state index contributed by atoms with van der Waals surface area (Å²) in [5.41, 5.74) is 1.85. The third-order valence-corrected chi connectivity index (χ3v) is 4.47. The zero-order valence-corrected chi connectivity index (χ0v) is 13.9. The fraction of sp³-hybridized carbons (Fsp3) is 0.0769. The Hall–Kier alpha value is -0.390. The molecule has 94 valence electrons. The van der Waals surface area contributed by atoms with Crippen molar-refractivity contribution < 1.29 is 4.39 Å². The predicted octanol–water partition coefficient (Wildman–Crippen LogP) is 5.73. The fourth-order valence-electron chi connectivity index (χ4n) is 1.51. The summed E-state index contributed by atoms with van der Waals surface area (Å²) in [5, 5.41) is 3.26. The smallest absolute Gasteiger partial charge is 0.137 e. The maximum Gasteiger partial charge on any atom is 0.137 e. The Balaban J connectivity index is 2.14. The maximum atomic E-state index is 13.3. The Labute approximate surface area is 130 Å². The van der Waals surface area contributed by atoms with Gasteiger partial charge in [-0.1, -0.05) is 28.1 Å². The summed E-state index contributed by atoms with van der Waals surface area (Å²) in [6.45, 7) is 0.554. The average molecular weight is 438 g/mol. The Bertz CT molecular complexity index is 572. The van der Waals surface area contributed by atoms with Gasteiger partial charge in [0, 0.05) is 21.2 Å². The van der Waals surface area contributed by atoms with Gasteiger partial charge >= 0.3 is 0 Å². The van der Waals surface area contributed by atoms with E-state index in [0.717, 1.165) is 20.2 Å². The van der Waals surface area contributed by atoms with Gasteiger partial charge in [0.2, 0.25) is 0 Å². The van der Waals surface area contributed by atoms with Gasteiger partial charge in [0.25, 0.3) is 0 Å². The van der Waals surface area contributed by atoms with Crippen molar-refractivity contribution in [3.63, 3.8) is 0 Å². The van der Waals surface area contributed by atoms with Crippen LogP contribution < -0.4 is 5.32 Å². The van der Waals surface area contributed by atoms with Gasteiger partial charge in [-0.3, -0.25) is 0 Å². The van der Waals surface area contributed by atoms with Crippen molar-refractivity contribution >= 4 is 53.5 Å². The molecular weight excluding hydrogens is 429 g/mol. The summed E-state index contributed by atoms with van der Waals surface area (Å²) >= 11 is 10.1. The molecule has 0 amide bonds. The van der Waals surface area contributed by atoms with Gasteiger partial charge in [0.1, 0.15) is 5.82 Å². The first-order valence-electron chi connectivity index (χ1n) is 5.20. The molecule has 0 saturated heterocycles. The lowest BCUT2D eigenvalue weighted by molar-refractivity contribution is 0.618. The Morgan fingerprint density at radius 3 is 2.56 bits per heavy atom. The van der Waals surface area contributed by atoms with Gasteiger partial charge in [0.15, 0.2) is 0 Å². The van der Waals surface area contributed by atoms with Crippen LogP contribution in [0.3, 0.4) is 0 Å². The minimum atomic E-state index is -0.246. The van der Waals surface area contributed by atoms with Gasteiger partial charge in [-0.2, -0.15) is 0 Å². The second-order valence-electron chi connectivity index (χ2n) is 3.69. The summed E-state index contributed by atoms with van der Waals surface area (Å²) < 4.78 is 15.8.